The second-order valence-corrected chi connectivity index (χ2v) is 9.82. The molecule has 3 rings (SSSR count). The molecule has 2 aliphatic carbocycles. The van der Waals surface area contributed by atoms with Crippen molar-refractivity contribution in [2.24, 2.45) is 5.92 Å². The van der Waals surface area contributed by atoms with Gasteiger partial charge in [0.1, 0.15) is 0 Å². The minimum absolute atomic E-state index is 0. The van der Waals surface area contributed by atoms with Crippen LogP contribution in [0.15, 0.2) is 42.0 Å². The second kappa shape index (κ2) is 7.91. The second-order valence-electron chi connectivity index (χ2n) is 9.82. The van der Waals surface area contributed by atoms with E-state index < -0.39 is 5.97 Å². The molecule has 0 unspecified atom stereocenters. The number of carbonyl (C=O) groups is 1. The van der Waals surface area contributed by atoms with E-state index >= 15 is 0 Å². The fraction of sp³-hybridized carbons (Fsp3) is 0.542. The number of hydrogen-bond donors (Lipinski definition) is 0. The maximum atomic E-state index is 10.6. The largest absolute Gasteiger partial charge is 1.00 e. The first kappa shape index (κ1) is 23.1. The first-order valence-electron chi connectivity index (χ1n) is 9.69. The van der Waals surface area contributed by atoms with Gasteiger partial charge in [-0.15, -0.1) is 0 Å². The van der Waals surface area contributed by atoms with Crippen LogP contribution in [0, 0.1) is 5.92 Å². The van der Waals surface area contributed by atoms with Crippen LogP contribution in [-0.4, -0.2) is 5.97 Å². The van der Waals surface area contributed by atoms with E-state index in [1.165, 1.54) is 29.5 Å². The topological polar surface area (TPSA) is 40.1 Å². The van der Waals surface area contributed by atoms with Gasteiger partial charge in [0.2, 0.25) is 0 Å². The predicted octanol–water partition coefficient (Wildman–Crippen LogP) is 1.57. The van der Waals surface area contributed by atoms with E-state index in [1.54, 1.807) is 6.92 Å². The Balaban J connectivity index is 0.00000261. The molecule has 2 atom stereocenters. The molecule has 1 aromatic rings. The number of rotatable bonds is 4. The Hall–Kier alpha value is -0.194. The van der Waals surface area contributed by atoms with Crippen LogP contribution < -0.4 is 56.5 Å². The van der Waals surface area contributed by atoms with Gasteiger partial charge in [-0.05, 0) is 76.7 Å². The summed E-state index contributed by atoms with van der Waals surface area (Å²) in [5.41, 5.74) is 5.79. The summed E-state index contributed by atoms with van der Waals surface area (Å²) < 4.78 is 0. The average Bonchev–Trinajstić information content (AvgIpc) is 3.21. The zero-order valence-electron chi connectivity index (χ0n) is 18.0. The van der Waals surface area contributed by atoms with Crippen LogP contribution in [0.4, 0.5) is 0 Å². The Bertz CT molecular complexity index is 801. The van der Waals surface area contributed by atoms with Gasteiger partial charge in [0.05, 0.1) is 5.97 Å². The third kappa shape index (κ3) is 4.70. The van der Waals surface area contributed by atoms with Crippen LogP contribution in [0.1, 0.15) is 77.5 Å². The number of carbonyl (C=O) groups excluding carboxylic acids is 1. The van der Waals surface area contributed by atoms with Gasteiger partial charge in [0.25, 0.3) is 0 Å². The van der Waals surface area contributed by atoms with Gasteiger partial charge in [-0.1, -0.05) is 65.0 Å². The summed E-state index contributed by atoms with van der Waals surface area (Å²) >= 11 is 0. The Morgan fingerprint density at radius 2 is 1.67 bits per heavy atom. The van der Waals surface area contributed by atoms with Crippen LogP contribution in [0.25, 0.3) is 0 Å². The maximum absolute atomic E-state index is 10.6. The molecule has 0 saturated heterocycles. The molecular weight excluding hydrogens is 359 g/mol. The normalized spacial score (nSPS) is 28.4. The van der Waals surface area contributed by atoms with Crippen molar-refractivity contribution in [3.63, 3.8) is 0 Å². The van der Waals surface area contributed by atoms with Gasteiger partial charge >= 0.3 is 51.4 Å². The van der Waals surface area contributed by atoms with Crippen molar-refractivity contribution in [1.82, 2.24) is 0 Å². The maximum Gasteiger partial charge on any atom is 1.00 e. The minimum atomic E-state index is -1.13. The van der Waals surface area contributed by atoms with E-state index in [2.05, 4.69) is 58.9 Å². The third-order valence-corrected chi connectivity index (χ3v) is 6.75. The minimum Gasteiger partial charge on any atom is -0.545 e. The van der Waals surface area contributed by atoms with E-state index in [9.17, 15) is 9.90 Å². The SMILES string of the molecule is CC(/C=C/[C@@H]1C[C@]1(C)c1ccc2c(c1)C(C)(C)CCC2(C)C)=C\C(=O)[O-].[K+]. The van der Waals surface area contributed by atoms with Crippen molar-refractivity contribution in [1.29, 1.82) is 0 Å². The number of allylic oxidation sites excluding steroid dienone is 3. The number of carboxylic acid groups (broad SMARTS) is 1. The van der Waals surface area contributed by atoms with Crippen molar-refractivity contribution in [3.8, 4) is 0 Å². The van der Waals surface area contributed by atoms with Crippen LogP contribution in [0.3, 0.4) is 0 Å². The molecule has 1 aromatic carbocycles. The molecule has 1 saturated carbocycles. The molecule has 140 valence electrons. The first-order valence-corrected chi connectivity index (χ1v) is 9.69. The molecule has 27 heavy (non-hydrogen) atoms. The van der Waals surface area contributed by atoms with Gasteiger partial charge in [0.15, 0.2) is 0 Å². The van der Waals surface area contributed by atoms with E-state index in [0.717, 1.165) is 18.1 Å². The molecule has 2 aliphatic rings. The van der Waals surface area contributed by atoms with Gasteiger partial charge < -0.3 is 9.90 Å². The van der Waals surface area contributed by atoms with Crippen LogP contribution in [0.5, 0.6) is 0 Å². The number of hydrogen-bond acceptors (Lipinski definition) is 2. The Morgan fingerprint density at radius 1 is 1.07 bits per heavy atom. The quantitative estimate of drug-likeness (QED) is 0.445. The molecule has 1 fully saturated rings. The van der Waals surface area contributed by atoms with Gasteiger partial charge in [-0.3, -0.25) is 0 Å². The average molecular weight is 391 g/mol. The molecule has 0 bridgehead atoms. The Labute approximate surface area is 206 Å². The van der Waals surface area contributed by atoms with E-state index in [-0.39, 0.29) is 67.6 Å². The molecule has 0 N–H and O–H groups in total. The fourth-order valence-corrected chi connectivity index (χ4v) is 4.46. The number of carboxylic acids is 1. The molecule has 3 heteroatoms. The van der Waals surface area contributed by atoms with Crippen molar-refractivity contribution in [2.75, 3.05) is 0 Å². The number of aliphatic carboxylic acids is 1. The smallest absolute Gasteiger partial charge is 0.545 e. The molecule has 0 heterocycles. The summed E-state index contributed by atoms with van der Waals surface area (Å²) in [4.78, 5) is 10.6. The van der Waals surface area contributed by atoms with E-state index in [1.807, 2.05) is 6.08 Å². The van der Waals surface area contributed by atoms with Crippen LogP contribution in [0.2, 0.25) is 0 Å². The first-order chi connectivity index (χ1) is 12.0. The van der Waals surface area contributed by atoms with Crippen molar-refractivity contribution in [3.05, 3.63) is 58.7 Å². The zero-order valence-corrected chi connectivity index (χ0v) is 21.1. The summed E-state index contributed by atoms with van der Waals surface area (Å²) in [5, 5.41) is 10.6. The standard InChI is InChI=1S/C24H32O2.K/c1-16(13-21(25)26)7-8-18-15-24(18,6)17-9-10-19-20(14-17)23(4,5)12-11-22(19,2)3;/h7-10,13-14,18H,11-12,15H2,1-6H3,(H,25,26);/q;+1/p-1/b8-7+,16-13+;/t18-,24-;/m1./s1. The number of fused-ring (bicyclic) bond motifs is 1. The summed E-state index contributed by atoms with van der Waals surface area (Å²) in [7, 11) is 0. The van der Waals surface area contributed by atoms with E-state index in [4.69, 9.17) is 0 Å². The van der Waals surface area contributed by atoms with Gasteiger partial charge in [-0.2, -0.15) is 0 Å². The molecule has 0 radical (unpaired) electrons. The monoisotopic (exact) mass is 390 g/mol. The van der Waals surface area contributed by atoms with Crippen molar-refractivity contribution in [2.45, 2.75) is 77.0 Å². The van der Waals surface area contributed by atoms with Crippen LogP contribution >= 0.6 is 0 Å². The van der Waals surface area contributed by atoms with Gasteiger partial charge in [0, 0.05) is 0 Å². The summed E-state index contributed by atoms with van der Waals surface area (Å²) in [6, 6.07) is 7.13. The van der Waals surface area contributed by atoms with Crippen molar-refractivity contribution < 1.29 is 61.3 Å². The number of benzene rings is 1. The fourth-order valence-electron chi connectivity index (χ4n) is 4.46. The Kier molecular flexibility index (Phi) is 6.76. The molecular formula is C24H31KO2. The molecule has 2 nitrogen and oxygen atoms in total. The molecule has 0 spiro atoms. The summed E-state index contributed by atoms with van der Waals surface area (Å²) in [5.74, 6) is -0.671. The van der Waals surface area contributed by atoms with Crippen LogP contribution in [-0.2, 0) is 21.0 Å². The van der Waals surface area contributed by atoms with E-state index in [0.29, 0.717) is 5.92 Å². The summed E-state index contributed by atoms with van der Waals surface area (Å²) in [6.45, 7) is 13.6. The molecule has 0 amide bonds. The summed E-state index contributed by atoms with van der Waals surface area (Å²) in [6.07, 6.45) is 8.80. The third-order valence-electron chi connectivity index (χ3n) is 6.75. The van der Waals surface area contributed by atoms with Gasteiger partial charge in [-0.25, -0.2) is 0 Å². The molecule has 0 aliphatic heterocycles. The molecule has 0 aromatic heterocycles. The zero-order chi connectivity index (χ0) is 19.3. The van der Waals surface area contributed by atoms with Crippen molar-refractivity contribution >= 4 is 5.97 Å². The Morgan fingerprint density at radius 3 is 2.26 bits per heavy atom. The predicted molar refractivity (Wildman–Crippen MR) is 105 cm³/mol.